The summed E-state index contributed by atoms with van der Waals surface area (Å²) in [5.74, 6) is -0.944. The monoisotopic (exact) mass is 229 g/mol. The number of nitrogens with one attached hydrogen (secondary N) is 1. The van der Waals surface area contributed by atoms with E-state index in [0.29, 0.717) is 5.56 Å². The summed E-state index contributed by atoms with van der Waals surface area (Å²) in [6.07, 6.45) is 0. The van der Waals surface area contributed by atoms with Crippen LogP contribution in [0.2, 0.25) is 5.02 Å². The predicted octanol–water partition coefficient (Wildman–Crippen LogP) is 1.61. The van der Waals surface area contributed by atoms with Crippen LogP contribution in [0.15, 0.2) is 18.2 Å². The van der Waals surface area contributed by atoms with Crippen molar-refractivity contribution in [3.63, 3.8) is 0 Å². The maximum atomic E-state index is 10.5. The zero-order valence-corrected chi connectivity index (χ0v) is 8.95. The molecule has 5 heteroatoms. The number of carbonyl (C=O) groups is 1. The molecule has 15 heavy (non-hydrogen) atoms. The van der Waals surface area contributed by atoms with Crippen molar-refractivity contribution in [3.05, 3.63) is 28.8 Å². The number of phenolic OH excluding ortho intramolecular Hbond substituents is 1. The highest BCUT2D eigenvalue weighted by molar-refractivity contribution is 6.32. The van der Waals surface area contributed by atoms with Crippen molar-refractivity contribution < 1.29 is 15.0 Å². The van der Waals surface area contributed by atoms with Crippen LogP contribution < -0.4 is 5.32 Å². The number of hydrogen-bond donors (Lipinski definition) is 3. The van der Waals surface area contributed by atoms with E-state index >= 15 is 0 Å². The van der Waals surface area contributed by atoms with Gasteiger partial charge in [0.2, 0.25) is 0 Å². The molecular weight excluding hydrogens is 218 g/mol. The highest BCUT2D eigenvalue weighted by Gasteiger charge is 2.11. The van der Waals surface area contributed by atoms with Gasteiger partial charge in [-0.1, -0.05) is 23.7 Å². The van der Waals surface area contributed by atoms with Gasteiger partial charge in [0.1, 0.15) is 11.8 Å². The fourth-order valence-electron chi connectivity index (χ4n) is 1.05. The second-order valence-electron chi connectivity index (χ2n) is 3.19. The SMILES string of the molecule is CC(NCc1cccc(Cl)c1O)C(=O)O. The third kappa shape index (κ3) is 3.11. The minimum atomic E-state index is -0.934. The maximum absolute atomic E-state index is 10.5. The Bertz CT molecular complexity index is 368. The molecule has 0 spiro atoms. The molecule has 1 aromatic rings. The van der Waals surface area contributed by atoms with Crippen LogP contribution in [0.1, 0.15) is 12.5 Å². The molecule has 1 aromatic carbocycles. The van der Waals surface area contributed by atoms with Crippen LogP contribution in [-0.4, -0.2) is 22.2 Å². The number of aliphatic carboxylic acids is 1. The van der Waals surface area contributed by atoms with E-state index in [2.05, 4.69) is 5.32 Å². The molecule has 3 N–H and O–H groups in total. The van der Waals surface area contributed by atoms with Gasteiger partial charge in [0.05, 0.1) is 5.02 Å². The third-order valence-corrected chi connectivity index (χ3v) is 2.34. The van der Waals surface area contributed by atoms with Gasteiger partial charge < -0.3 is 15.5 Å². The predicted molar refractivity (Wildman–Crippen MR) is 57.1 cm³/mol. The van der Waals surface area contributed by atoms with Gasteiger partial charge in [-0.05, 0) is 13.0 Å². The molecule has 82 valence electrons. The molecule has 1 unspecified atom stereocenters. The van der Waals surface area contributed by atoms with E-state index < -0.39 is 12.0 Å². The van der Waals surface area contributed by atoms with Crippen molar-refractivity contribution in [2.45, 2.75) is 19.5 Å². The van der Waals surface area contributed by atoms with E-state index in [9.17, 15) is 9.90 Å². The molecule has 0 radical (unpaired) electrons. The van der Waals surface area contributed by atoms with Gasteiger partial charge in [-0.2, -0.15) is 0 Å². The Labute approximate surface area is 92.5 Å². The quantitative estimate of drug-likeness (QED) is 0.734. The van der Waals surface area contributed by atoms with Crippen molar-refractivity contribution in [2.24, 2.45) is 0 Å². The van der Waals surface area contributed by atoms with Gasteiger partial charge in [-0.15, -0.1) is 0 Å². The van der Waals surface area contributed by atoms with Crippen LogP contribution >= 0.6 is 11.6 Å². The molecule has 1 rings (SSSR count). The van der Waals surface area contributed by atoms with E-state index in [-0.39, 0.29) is 17.3 Å². The topological polar surface area (TPSA) is 69.6 Å². The fourth-order valence-corrected chi connectivity index (χ4v) is 1.25. The lowest BCUT2D eigenvalue weighted by molar-refractivity contribution is -0.139. The lowest BCUT2D eigenvalue weighted by atomic mass is 10.2. The highest BCUT2D eigenvalue weighted by atomic mass is 35.5. The van der Waals surface area contributed by atoms with Gasteiger partial charge in [0, 0.05) is 12.1 Å². The van der Waals surface area contributed by atoms with E-state index in [1.54, 1.807) is 18.2 Å². The molecular formula is C10H12ClNO3. The highest BCUT2D eigenvalue weighted by Crippen LogP contribution is 2.26. The zero-order chi connectivity index (χ0) is 11.4. The second kappa shape index (κ2) is 5.00. The number of benzene rings is 1. The summed E-state index contributed by atoms with van der Waals surface area (Å²) < 4.78 is 0. The van der Waals surface area contributed by atoms with E-state index in [1.165, 1.54) is 6.92 Å². The van der Waals surface area contributed by atoms with Crippen molar-refractivity contribution in [2.75, 3.05) is 0 Å². The number of carboxylic acid groups (broad SMARTS) is 1. The Hall–Kier alpha value is -1.26. The first-order chi connectivity index (χ1) is 7.02. The van der Waals surface area contributed by atoms with Gasteiger partial charge in [0.15, 0.2) is 0 Å². The largest absolute Gasteiger partial charge is 0.506 e. The molecule has 1 atom stereocenters. The number of phenols is 1. The fraction of sp³-hybridized carbons (Fsp3) is 0.300. The number of aromatic hydroxyl groups is 1. The molecule has 0 fully saturated rings. The summed E-state index contributed by atoms with van der Waals surface area (Å²) >= 11 is 5.70. The zero-order valence-electron chi connectivity index (χ0n) is 8.20. The molecule has 0 amide bonds. The summed E-state index contributed by atoms with van der Waals surface area (Å²) in [6, 6.07) is 4.29. The minimum absolute atomic E-state index is 0.00995. The van der Waals surface area contributed by atoms with Gasteiger partial charge in [-0.3, -0.25) is 4.79 Å². The standard InChI is InChI=1S/C10H12ClNO3/c1-6(10(14)15)12-5-7-3-2-4-8(11)9(7)13/h2-4,6,12-13H,5H2,1H3,(H,14,15). The van der Waals surface area contributed by atoms with Crippen molar-refractivity contribution in [1.82, 2.24) is 5.32 Å². The van der Waals surface area contributed by atoms with Crippen LogP contribution in [0, 0.1) is 0 Å². The van der Waals surface area contributed by atoms with Crippen LogP contribution in [0.3, 0.4) is 0 Å². The van der Waals surface area contributed by atoms with Crippen molar-refractivity contribution in [1.29, 1.82) is 0 Å². The van der Waals surface area contributed by atoms with Gasteiger partial charge in [-0.25, -0.2) is 0 Å². The van der Waals surface area contributed by atoms with E-state index in [4.69, 9.17) is 16.7 Å². The minimum Gasteiger partial charge on any atom is -0.506 e. The number of para-hydroxylation sites is 1. The first-order valence-electron chi connectivity index (χ1n) is 4.45. The van der Waals surface area contributed by atoms with Gasteiger partial charge >= 0.3 is 5.97 Å². The molecule has 0 aliphatic carbocycles. The maximum Gasteiger partial charge on any atom is 0.320 e. The smallest absolute Gasteiger partial charge is 0.320 e. The molecule has 0 saturated heterocycles. The molecule has 0 bridgehead atoms. The Kier molecular flexibility index (Phi) is 3.94. The van der Waals surface area contributed by atoms with Gasteiger partial charge in [0.25, 0.3) is 0 Å². The average molecular weight is 230 g/mol. The molecule has 0 aromatic heterocycles. The van der Waals surface area contributed by atoms with Crippen LogP contribution in [0.5, 0.6) is 5.75 Å². The molecule has 0 aliphatic rings. The Morgan fingerprint density at radius 2 is 2.27 bits per heavy atom. The van der Waals surface area contributed by atoms with Crippen molar-refractivity contribution >= 4 is 17.6 Å². The first-order valence-corrected chi connectivity index (χ1v) is 4.82. The van der Waals surface area contributed by atoms with Crippen LogP contribution in [0.4, 0.5) is 0 Å². The average Bonchev–Trinajstić information content (AvgIpc) is 2.19. The summed E-state index contributed by atoms with van der Waals surface area (Å²) in [6.45, 7) is 1.80. The Balaban J connectivity index is 2.66. The molecule has 0 aliphatic heterocycles. The first kappa shape index (κ1) is 11.8. The Morgan fingerprint density at radius 3 is 2.87 bits per heavy atom. The van der Waals surface area contributed by atoms with Crippen molar-refractivity contribution in [3.8, 4) is 5.75 Å². The summed E-state index contributed by atoms with van der Waals surface area (Å²) in [5.41, 5.74) is 0.579. The summed E-state index contributed by atoms with van der Waals surface area (Å²) in [7, 11) is 0. The molecule has 4 nitrogen and oxygen atoms in total. The number of carboxylic acids is 1. The van der Waals surface area contributed by atoms with E-state index in [0.717, 1.165) is 0 Å². The Morgan fingerprint density at radius 1 is 1.60 bits per heavy atom. The molecule has 0 heterocycles. The lowest BCUT2D eigenvalue weighted by Gasteiger charge is -2.10. The van der Waals surface area contributed by atoms with Crippen LogP contribution in [0.25, 0.3) is 0 Å². The summed E-state index contributed by atoms with van der Waals surface area (Å²) in [4.78, 5) is 10.5. The number of halogens is 1. The second-order valence-corrected chi connectivity index (χ2v) is 3.60. The third-order valence-electron chi connectivity index (χ3n) is 2.04. The summed E-state index contributed by atoms with van der Waals surface area (Å²) in [5, 5.41) is 21.2. The van der Waals surface area contributed by atoms with E-state index in [1.807, 2.05) is 0 Å². The van der Waals surface area contributed by atoms with Crippen LogP contribution in [-0.2, 0) is 11.3 Å². The normalized spacial score (nSPS) is 12.4. The number of hydrogen-bond acceptors (Lipinski definition) is 3. The number of rotatable bonds is 4. The molecule has 0 saturated carbocycles. The lowest BCUT2D eigenvalue weighted by Crippen LogP contribution is -2.33.